The minimum absolute atomic E-state index is 0.120. The highest BCUT2D eigenvalue weighted by molar-refractivity contribution is 6.64. The second-order valence-corrected chi connectivity index (χ2v) is 5.16. The maximum absolute atomic E-state index is 12.5. The number of oxime groups is 1. The van der Waals surface area contributed by atoms with Crippen molar-refractivity contribution in [1.29, 1.82) is 0 Å². The Kier molecular flexibility index (Phi) is 5.88. The van der Waals surface area contributed by atoms with Crippen LogP contribution in [-0.4, -0.2) is 24.8 Å². The van der Waals surface area contributed by atoms with Gasteiger partial charge >= 0.3 is 0 Å². The first-order chi connectivity index (χ1) is 11.1. The zero-order valence-corrected chi connectivity index (χ0v) is 13.5. The molecule has 0 aromatic heterocycles. The number of aryl methyl sites for hydroxylation is 1. The molecule has 0 unspecified atom stereocenters. The van der Waals surface area contributed by atoms with Crippen LogP contribution >= 0.6 is 11.6 Å². The van der Waals surface area contributed by atoms with Gasteiger partial charge in [0.2, 0.25) is 5.78 Å². The number of nitrogens with one attached hydrogen (secondary N) is 1. The standard InChI is InChI=1S/C17H16ClN3O2/c1-12-3-9-15(10-4-12)20-21-16(11-19-23-2)17(22)13-5-7-14(18)8-6-13/h3-11,20H,1-2H3/b19-11-,21-16-. The minimum atomic E-state index is -0.290. The van der Waals surface area contributed by atoms with Crippen LogP contribution in [0.25, 0.3) is 0 Å². The van der Waals surface area contributed by atoms with E-state index in [1.165, 1.54) is 13.3 Å². The lowest BCUT2D eigenvalue weighted by Crippen LogP contribution is -2.17. The smallest absolute Gasteiger partial charge is 0.214 e. The molecule has 0 fully saturated rings. The van der Waals surface area contributed by atoms with Crippen molar-refractivity contribution in [2.24, 2.45) is 10.3 Å². The molecule has 2 rings (SSSR count). The number of carbonyl (C=O) groups excluding carboxylic acids is 1. The van der Waals surface area contributed by atoms with Crippen molar-refractivity contribution in [3.05, 3.63) is 64.7 Å². The van der Waals surface area contributed by atoms with Crippen LogP contribution in [0.5, 0.6) is 0 Å². The monoisotopic (exact) mass is 329 g/mol. The number of nitrogens with zero attached hydrogens (tertiary/aromatic N) is 2. The van der Waals surface area contributed by atoms with Crippen molar-refractivity contribution in [3.8, 4) is 0 Å². The summed E-state index contributed by atoms with van der Waals surface area (Å²) in [5.41, 5.74) is 5.32. The molecule has 118 valence electrons. The van der Waals surface area contributed by atoms with Gasteiger partial charge in [-0.05, 0) is 43.3 Å². The summed E-state index contributed by atoms with van der Waals surface area (Å²) in [6.45, 7) is 1.99. The van der Waals surface area contributed by atoms with Gasteiger partial charge in [0.25, 0.3) is 0 Å². The quantitative estimate of drug-likeness (QED) is 0.496. The second-order valence-electron chi connectivity index (χ2n) is 4.73. The van der Waals surface area contributed by atoms with Crippen LogP contribution in [0, 0.1) is 6.92 Å². The number of halogens is 1. The highest BCUT2D eigenvalue weighted by Crippen LogP contribution is 2.11. The topological polar surface area (TPSA) is 63.1 Å². The van der Waals surface area contributed by atoms with E-state index in [9.17, 15) is 4.79 Å². The van der Waals surface area contributed by atoms with E-state index < -0.39 is 0 Å². The van der Waals surface area contributed by atoms with Crippen LogP contribution in [0.3, 0.4) is 0 Å². The Balaban J connectivity index is 2.23. The van der Waals surface area contributed by atoms with Crippen LogP contribution in [0.4, 0.5) is 5.69 Å². The highest BCUT2D eigenvalue weighted by atomic mass is 35.5. The molecule has 0 aliphatic rings. The number of benzene rings is 2. The number of Topliss-reactive ketones (excluding diaryl/α,β-unsaturated/α-hetero) is 1. The number of hydrazone groups is 1. The van der Waals surface area contributed by atoms with Crippen LogP contribution in [-0.2, 0) is 4.84 Å². The largest absolute Gasteiger partial charge is 0.399 e. The molecule has 0 heterocycles. The number of carbonyl (C=O) groups is 1. The summed E-state index contributed by atoms with van der Waals surface area (Å²) in [4.78, 5) is 17.1. The Hall–Kier alpha value is -2.66. The Morgan fingerprint density at radius 2 is 1.78 bits per heavy atom. The lowest BCUT2D eigenvalue weighted by Gasteiger charge is -2.04. The van der Waals surface area contributed by atoms with Crippen molar-refractivity contribution < 1.29 is 9.63 Å². The van der Waals surface area contributed by atoms with Crippen LogP contribution in [0.15, 0.2) is 58.8 Å². The number of rotatable bonds is 6. The molecular formula is C17H16ClN3O2. The van der Waals surface area contributed by atoms with Gasteiger partial charge in [-0.3, -0.25) is 10.2 Å². The third-order valence-corrected chi connectivity index (χ3v) is 3.23. The van der Waals surface area contributed by atoms with Gasteiger partial charge in [0.05, 0.1) is 11.9 Å². The Morgan fingerprint density at radius 1 is 1.13 bits per heavy atom. The zero-order valence-electron chi connectivity index (χ0n) is 12.8. The summed E-state index contributed by atoms with van der Waals surface area (Å²) in [6.07, 6.45) is 1.26. The van der Waals surface area contributed by atoms with Crippen LogP contribution in [0.1, 0.15) is 15.9 Å². The van der Waals surface area contributed by atoms with E-state index in [2.05, 4.69) is 20.5 Å². The molecule has 0 radical (unpaired) electrons. The van der Waals surface area contributed by atoms with E-state index in [4.69, 9.17) is 11.6 Å². The summed E-state index contributed by atoms with van der Waals surface area (Å²) in [6, 6.07) is 14.2. The van der Waals surface area contributed by atoms with E-state index in [0.717, 1.165) is 11.3 Å². The summed E-state index contributed by atoms with van der Waals surface area (Å²) in [5.74, 6) is -0.290. The summed E-state index contributed by atoms with van der Waals surface area (Å²) < 4.78 is 0. The number of hydrogen-bond acceptors (Lipinski definition) is 5. The van der Waals surface area contributed by atoms with Crippen LogP contribution in [0.2, 0.25) is 5.02 Å². The Labute approximate surface area is 139 Å². The molecule has 0 amide bonds. The molecular weight excluding hydrogens is 314 g/mol. The van der Waals surface area contributed by atoms with E-state index >= 15 is 0 Å². The molecule has 5 nitrogen and oxygen atoms in total. The SMILES string of the molecule is CO/N=C\C(=N\Nc1ccc(C)cc1)C(=O)c1ccc(Cl)cc1. The summed E-state index contributed by atoms with van der Waals surface area (Å²) >= 11 is 5.83. The zero-order chi connectivity index (χ0) is 16.7. The summed E-state index contributed by atoms with van der Waals surface area (Å²) in [5, 5.41) is 8.29. The molecule has 6 heteroatoms. The third-order valence-electron chi connectivity index (χ3n) is 2.98. The normalized spacial score (nSPS) is 11.5. The van der Waals surface area contributed by atoms with E-state index in [1.807, 2.05) is 31.2 Å². The first-order valence-corrected chi connectivity index (χ1v) is 7.25. The van der Waals surface area contributed by atoms with Gasteiger partial charge in [-0.2, -0.15) is 5.10 Å². The van der Waals surface area contributed by atoms with Gasteiger partial charge in [-0.15, -0.1) is 0 Å². The third kappa shape index (κ3) is 4.93. The fourth-order valence-electron chi connectivity index (χ4n) is 1.74. The van der Waals surface area contributed by atoms with Gasteiger partial charge in [-0.1, -0.05) is 34.5 Å². The molecule has 2 aromatic carbocycles. The lowest BCUT2D eigenvalue weighted by molar-refractivity contribution is 0.106. The van der Waals surface area contributed by atoms with Gasteiger partial charge in [0, 0.05) is 10.6 Å². The lowest BCUT2D eigenvalue weighted by atomic mass is 10.1. The molecule has 23 heavy (non-hydrogen) atoms. The second kappa shape index (κ2) is 8.10. The van der Waals surface area contributed by atoms with Gasteiger partial charge in [0.1, 0.15) is 7.11 Å². The van der Waals surface area contributed by atoms with Crippen LogP contribution < -0.4 is 5.43 Å². The number of anilines is 1. The Morgan fingerprint density at radius 3 is 2.39 bits per heavy atom. The van der Waals surface area contributed by atoms with E-state index in [-0.39, 0.29) is 11.5 Å². The molecule has 0 aliphatic carbocycles. The fourth-order valence-corrected chi connectivity index (χ4v) is 1.87. The van der Waals surface area contributed by atoms with Crippen molar-refractivity contribution in [2.75, 3.05) is 12.5 Å². The van der Waals surface area contributed by atoms with Crippen molar-refractivity contribution in [3.63, 3.8) is 0 Å². The predicted octanol–water partition coefficient (Wildman–Crippen LogP) is 3.93. The van der Waals surface area contributed by atoms with E-state index in [1.54, 1.807) is 24.3 Å². The molecule has 0 saturated carbocycles. The maximum Gasteiger partial charge on any atom is 0.214 e. The summed E-state index contributed by atoms with van der Waals surface area (Å²) in [7, 11) is 1.40. The highest BCUT2D eigenvalue weighted by Gasteiger charge is 2.13. The molecule has 1 N–H and O–H groups in total. The molecule has 0 aliphatic heterocycles. The maximum atomic E-state index is 12.5. The van der Waals surface area contributed by atoms with Crippen molar-refractivity contribution in [2.45, 2.75) is 6.92 Å². The first kappa shape index (κ1) is 16.7. The number of hydrogen-bond donors (Lipinski definition) is 1. The van der Waals surface area contributed by atoms with Gasteiger partial charge < -0.3 is 4.84 Å². The minimum Gasteiger partial charge on any atom is -0.399 e. The van der Waals surface area contributed by atoms with Gasteiger partial charge in [-0.25, -0.2) is 0 Å². The van der Waals surface area contributed by atoms with Crippen molar-refractivity contribution >= 4 is 35.0 Å². The molecule has 0 saturated heterocycles. The molecule has 2 aromatic rings. The van der Waals surface area contributed by atoms with Gasteiger partial charge in [0.15, 0.2) is 5.71 Å². The predicted molar refractivity (Wildman–Crippen MR) is 93.5 cm³/mol. The van der Waals surface area contributed by atoms with E-state index in [0.29, 0.717) is 10.6 Å². The average molecular weight is 330 g/mol. The Bertz CT molecular complexity index is 723. The molecule has 0 bridgehead atoms. The first-order valence-electron chi connectivity index (χ1n) is 6.87. The van der Waals surface area contributed by atoms with Crippen molar-refractivity contribution in [1.82, 2.24) is 0 Å². The molecule has 0 atom stereocenters. The fraction of sp³-hybridized carbons (Fsp3) is 0.118. The number of ketones is 1. The molecule has 0 spiro atoms. The average Bonchev–Trinajstić information content (AvgIpc) is 2.56.